The molecule has 0 fully saturated rings. The molecule has 0 saturated carbocycles. The van der Waals surface area contributed by atoms with Crippen LogP contribution in [0.3, 0.4) is 0 Å². The monoisotopic (exact) mass is 228 g/mol. The number of nitrogens with zero attached hydrogens (tertiary/aromatic N) is 2. The molecule has 88 valence electrons. The summed E-state index contributed by atoms with van der Waals surface area (Å²) >= 11 is 0. The molecule has 2 rings (SSSR count). The van der Waals surface area contributed by atoms with E-state index in [4.69, 9.17) is 0 Å². The number of ketones is 1. The molecule has 0 aliphatic carbocycles. The molecule has 3 nitrogen and oxygen atoms in total. The average molecular weight is 228 g/mol. The lowest BCUT2D eigenvalue weighted by atomic mass is 10.00. The minimum Gasteiger partial charge on any atom is -0.288 e. The third-order valence-corrected chi connectivity index (χ3v) is 2.74. The van der Waals surface area contributed by atoms with E-state index >= 15 is 0 Å². The first kappa shape index (κ1) is 11.6. The van der Waals surface area contributed by atoms with Crippen LogP contribution >= 0.6 is 0 Å². The van der Waals surface area contributed by atoms with E-state index in [9.17, 15) is 4.79 Å². The van der Waals surface area contributed by atoms with Gasteiger partial charge in [-0.05, 0) is 32.9 Å². The van der Waals surface area contributed by atoms with E-state index in [0.29, 0.717) is 5.56 Å². The second kappa shape index (κ2) is 4.17. The molecule has 1 aromatic carbocycles. The zero-order chi connectivity index (χ0) is 12.6. The van der Waals surface area contributed by atoms with Crippen LogP contribution in [-0.2, 0) is 7.05 Å². The first-order valence-electron chi connectivity index (χ1n) is 5.60. The molecule has 0 atom stereocenters. The lowest BCUT2D eigenvalue weighted by Crippen LogP contribution is -2.02. The zero-order valence-corrected chi connectivity index (χ0v) is 10.6. The van der Waals surface area contributed by atoms with Gasteiger partial charge in [0.05, 0.1) is 11.3 Å². The Kier molecular flexibility index (Phi) is 2.84. The van der Waals surface area contributed by atoms with Gasteiger partial charge in [0.1, 0.15) is 0 Å². The number of rotatable bonds is 2. The first-order chi connectivity index (χ1) is 7.97. The van der Waals surface area contributed by atoms with Crippen molar-refractivity contribution in [3.05, 3.63) is 52.3 Å². The SMILES string of the molecule is Cc1cc(C)cc(C(=O)c2cn(C)nc2C)c1. The average Bonchev–Trinajstić information content (AvgIpc) is 2.55. The van der Waals surface area contributed by atoms with Crippen molar-refractivity contribution in [3.63, 3.8) is 0 Å². The fraction of sp³-hybridized carbons (Fsp3) is 0.286. The highest BCUT2D eigenvalue weighted by atomic mass is 16.1. The number of benzene rings is 1. The summed E-state index contributed by atoms with van der Waals surface area (Å²) in [6, 6.07) is 5.90. The van der Waals surface area contributed by atoms with Crippen LogP contribution in [0.1, 0.15) is 32.7 Å². The molecule has 1 aromatic heterocycles. The third kappa shape index (κ3) is 2.28. The molecule has 0 N–H and O–H groups in total. The number of carbonyl (C=O) groups excluding carboxylic acids is 1. The number of aryl methyl sites for hydroxylation is 4. The lowest BCUT2D eigenvalue weighted by molar-refractivity contribution is 0.103. The van der Waals surface area contributed by atoms with Gasteiger partial charge < -0.3 is 0 Å². The number of carbonyl (C=O) groups is 1. The topological polar surface area (TPSA) is 34.9 Å². The highest BCUT2D eigenvalue weighted by molar-refractivity contribution is 6.09. The molecule has 0 radical (unpaired) electrons. The van der Waals surface area contributed by atoms with Crippen LogP contribution in [-0.4, -0.2) is 15.6 Å². The summed E-state index contributed by atoms with van der Waals surface area (Å²) in [6.07, 6.45) is 1.77. The van der Waals surface area contributed by atoms with Gasteiger partial charge in [0, 0.05) is 18.8 Å². The van der Waals surface area contributed by atoms with Gasteiger partial charge in [0.2, 0.25) is 0 Å². The predicted molar refractivity (Wildman–Crippen MR) is 67.3 cm³/mol. The Hall–Kier alpha value is -1.90. The van der Waals surface area contributed by atoms with E-state index in [1.165, 1.54) is 0 Å². The molecule has 0 spiro atoms. The van der Waals surface area contributed by atoms with Crippen molar-refractivity contribution < 1.29 is 4.79 Å². The molecule has 1 heterocycles. The Morgan fingerprint density at radius 2 is 1.71 bits per heavy atom. The van der Waals surface area contributed by atoms with Gasteiger partial charge in [-0.2, -0.15) is 5.10 Å². The molecular formula is C14H16N2O. The van der Waals surface area contributed by atoms with Crippen molar-refractivity contribution in [3.8, 4) is 0 Å². The van der Waals surface area contributed by atoms with E-state index in [1.54, 1.807) is 10.9 Å². The van der Waals surface area contributed by atoms with Gasteiger partial charge in [-0.3, -0.25) is 9.48 Å². The summed E-state index contributed by atoms with van der Waals surface area (Å²) in [4.78, 5) is 12.3. The molecule has 3 heteroatoms. The maximum atomic E-state index is 12.3. The Bertz CT molecular complexity index is 562. The Balaban J connectivity index is 2.47. The Morgan fingerprint density at radius 3 is 2.18 bits per heavy atom. The van der Waals surface area contributed by atoms with E-state index < -0.39 is 0 Å². The van der Waals surface area contributed by atoms with Gasteiger partial charge in [-0.1, -0.05) is 17.2 Å². The third-order valence-electron chi connectivity index (χ3n) is 2.74. The molecule has 2 aromatic rings. The minimum atomic E-state index is 0.0439. The van der Waals surface area contributed by atoms with Gasteiger partial charge in [0.25, 0.3) is 0 Å². The fourth-order valence-corrected chi connectivity index (χ4v) is 2.08. The van der Waals surface area contributed by atoms with E-state index in [0.717, 1.165) is 22.4 Å². The molecule has 0 unspecified atom stereocenters. The van der Waals surface area contributed by atoms with Crippen LogP contribution in [0, 0.1) is 20.8 Å². The molecule has 0 saturated heterocycles. The molecule has 0 amide bonds. The minimum absolute atomic E-state index is 0.0439. The van der Waals surface area contributed by atoms with Gasteiger partial charge in [0.15, 0.2) is 5.78 Å². The van der Waals surface area contributed by atoms with E-state index in [-0.39, 0.29) is 5.78 Å². The van der Waals surface area contributed by atoms with E-state index in [2.05, 4.69) is 11.2 Å². The number of hydrogen-bond donors (Lipinski definition) is 0. The van der Waals surface area contributed by atoms with E-state index in [1.807, 2.05) is 40.0 Å². The summed E-state index contributed by atoms with van der Waals surface area (Å²) in [6.45, 7) is 5.86. The van der Waals surface area contributed by atoms with Crippen molar-refractivity contribution >= 4 is 5.78 Å². The molecule has 0 bridgehead atoms. The summed E-state index contributed by atoms with van der Waals surface area (Å²) in [5.41, 5.74) is 4.40. The smallest absolute Gasteiger partial charge is 0.196 e. The standard InChI is InChI=1S/C14H16N2O/c1-9-5-10(2)7-12(6-9)14(17)13-8-16(4)15-11(13)3/h5-8H,1-4H3. The van der Waals surface area contributed by atoms with Crippen LogP contribution in [0.2, 0.25) is 0 Å². The lowest BCUT2D eigenvalue weighted by Gasteiger charge is -2.03. The first-order valence-corrected chi connectivity index (χ1v) is 5.60. The summed E-state index contributed by atoms with van der Waals surface area (Å²) in [5.74, 6) is 0.0439. The number of aromatic nitrogens is 2. The normalized spacial score (nSPS) is 10.6. The van der Waals surface area contributed by atoms with Crippen molar-refractivity contribution in [1.82, 2.24) is 9.78 Å². The fourth-order valence-electron chi connectivity index (χ4n) is 2.08. The van der Waals surface area contributed by atoms with Crippen molar-refractivity contribution in [2.24, 2.45) is 7.05 Å². The summed E-state index contributed by atoms with van der Waals surface area (Å²) < 4.78 is 1.67. The van der Waals surface area contributed by atoms with Gasteiger partial charge in [-0.15, -0.1) is 0 Å². The van der Waals surface area contributed by atoms with Crippen LogP contribution in [0.5, 0.6) is 0 Å². The van der Waals surface area contributed by atoms with Crippen LogP contribution < -0.4 is 0 Å². The van der Waals surface area contributed by atoms with Gasteiger partial charge in [-0.25, -0.2) is 0 Å². The van der Waals surface area contributed by atoms with Crippen molar-refractivity contribution in [2.75, 3.05) is 0 Å². The summed E-state index contributed by atoms with van der Waals surface area (Å²) in [7, 11) is 1.82. The highest BCUT2D eigenvalue weighted by Crippen LogP contribution is 2.15. The highest BCUT2D eigenvalue weighted by Gasteiger charge is 2.15. The van der Waals surface area contributed by atoms with Crippen molar-refractivity contribution in [2.45, 2.75) is 20.8 Å². The molecule has 0 aliphatic heterocycles. The second-order valence-electron chi connectivity index (χ2n) is 4.51. The van der Waals surface area contributed by atoms with Crippen molar-refractivity contribution in [1.29, 1.82) is 0 Å². The largest absolute Gasteiger partial charge is 0.288 e. The maximum absolute atomic E-state index is 12.3. The maximum Gasteiger partial charge on any atom is 0.196 e. The van der Waals surface area contributed by atoms with Crippen LogP contribution in [0.25, 0.3) is 0 Å². The predicted octanol–water partition coefficient (Wildman–Crippen LogP) is 2.58. The second-order valence-corrected chi connectivity index (χ2v) is 4.51. The zero-order valence-electron chi connectivity index (χ0n) is 10.6. The Morgan fingerprint density at radius 1 is 1.12 bits per heavy atom. The van der Waals surface area contributed by atoms with Crippen LogP contribution in [0.4, 0.5) is 0 Å². The molecular weight excluding hydrogens is 212 g/mol. The van der Waals surface area contributed by atoms with Gasteiger partial charge >= 0.3 is 0 Å². The molecule has 0 aliphatic rings. The summed E-state index contributed by atoms with van der Waals surface area (Å²) in [5, 5.41) is 4.20. The quantitative estimate of drug-likeness (QED) is 0.740. The number of hydrogen-bond acceptors (Lipinski definition) is 2. The van der Waals surface area contributed by atoms with Crippen LogP contribution in [0.15, 0.2) is 24.4 Å². The Labute approximate surface area is 101 Å². The molecule has 17 heavy (non-hydrogen) atoms.